The molecule has 3 aromatic carbocycles. The third-order valence-electron chi connectivity index (χ3n) is 4.56. The van der Waals surface area contributed by atoms with Gasteiger partial charge in [0.15, 0.2) is 0 Å². The molecule has 3 rings (SSSR count). The van der Waals surface area contributed by atoms with E-state index in [0.29, 0.717) is 12.4 Å². The first-order valence-electron chi connectivity index (χ1n) is 9.83. The molecule has 0 unspecified atom stereocenters. The lowest BCUT2D eigenvalue weighted by atomic mass is 10.2. The molecule has 0 spiro atoms. The first-order valence-corrected chi connectivity index (χ1v) is 11.6. The number of sulfonamides is 1. The fourth-order valence-electron chi connectivity index (χ4n) is 3.00. The lowest BCUT2D eigenvalue weighted by Gasteiger charge is -2.24. The highest BCUT2D eigenvalue weighted by atomic mass is 35.5. The van der Waals surface area contributed by atoms with E-state index in [-0.39, 0.29) is 22.2 Å². The van der Waals surface area contributed by atoms with Gasteiger partial charge in [-0.1, -0.05) is 48.0 Å². The van der Waals surface area contributed by atoms with Crippen LogP contribution in [0.1, 0.15) is 12.5 Å². The molecule has 0 aliphatic carbocycles. The lowest BCUT2D eigenvalue weighted by Crippen LogP contribution is -2.40. The molecule has 32 heavy (non-hydrogen) atoms. The van der Waals surface area contributed by atoms with Crippen LogP contribution in [0.3, 0.4) is 0 Å². The summed E-state index contributed by atoms with van der Waals surface area (Å²) in [6.45, 7) is 1.96. The number of benzene rings is 3. The second kappa shape index (κ2) is 10.5. The van der Waals surface area contributed by atoms with Crippen molar-refractivity contribution in [1.82, 2.24) is 5.32 Å². The lowest BCUT2D eigenvalue weighted by molar-refractivity contribution is -0.119. The van der Waals surface area contributed by atoms with Crippen LogP contribution in [0.15, 0.2) is 77.7 Å². The quantitative estimate of drug-likeness (QED) is 0.497. The third kappa shape index (κ3) is 5.57. The van der Waals surface area contributed by atoms with Crippen LogP contribution in [0.25, 0.3) is 0 Å². The van der Waals surface area contributed by atoms with Gasteiger partial charge >= 0.3 is 0 Å². The first-order chi connectivity index (χ1) is 15.3. The van der Waals surface area contributed by atoms with E-state index in [1.807, 2.05) is 25.1 Å². The third-order valence-corrected chi connectivity index (χ3v) is 6.64. The Balaban J connectivity index is 1.86. The molecule has 0 aliphatic rings. The minimum absolute atomic E-state index is 0.00469. The number of para-hydroxylation sites is 1. The molecule has 0 fully saturated rings. The number of hydrogen-bond acceptors (Lipinski definition) is 4. The van der Waals surface area contributed by atoms with Gasteiger partial charge in [-0.15, -0.1) is 0 Å². The summed E-state index contributed by atoms with van der Waals surface area (Å²) in [5.74, 6) is -0.602. The minimum Gasteiger partial charge on any atom is -0.494 e. The molecule has 0 saturated heterocycles. The van der Waals surface area contributed by atoms with Crippen molar-refractivity contribution in [3.05, 3.63) is 89.2 Å². The van der Waals surface area contributed by atoms with Gasteiger partial charge in [0.1, 0.15) is 18.1 Å². The molecular weight excluding hydrogens is 455 g/mol. The Morgan fingerprint density at radius 1 is 1.06 bits per heavy atom. The standard InChI is InChI=1S/C23H22ClFN2O4S/c1-2-31-22-11-7-6-8-17(22)15-26-23(28)16-27(18-12-13-21(25)20(24)14-18)32(29,30)19-9-4-3-5-10-19/h3-14H,2,15-16H2,1H3,(H,26,28). The number of nitrogens with one attached hydrogen (secondary N) is 1. The average Bonchev–Trinajstić information content (AvgIpc) is 2.79. The van der Waals surface area contributed by atoms with E-state index in [4.69, 9.17) is 16.3 Å². The van der Waals surface area contributed by atoms with Crippen molar-refractivity contribution in [1.29, 1.82) is 0 Å². The van der Waals surface area contributed by atoms with Crippen LogP contribution in [0.4, 0.5) is 10.1 Å². The van der Waals surface area contributed by atoms with Gasteiger partial charge in [-0.05, 0) is 43.3 Å². The van der Waals surface area contributed by atoms with Crippen molar-refractivity contribution < 1.29 is 22.3 Å². The predicted molar refractivity (Wildman–Crippen MR) is 122 cm³/mol. The number of amides is 1. The Bertz CT molecular complexity index is 1190. The van der Waals surface area contributed by atoms with Crippen molar-refractivity contribution in [2.45, 2.75) is 18.4 Å². The molecule has 0 saturated carbocycles. The zero-order valence-corrected chi connectivity index (χ0v) is 18.9. The number of carbonyl (C=O) groups is 1. The van der Waals surface area contributed by atoms with Gasteiger partial charge in [0.2, 0.25) is 5.91 Å². The summed E-state index contributed by atoms with van der Waals surface area (Å²) in [4.78, 5) is 12.7. The van der Waals surface area contributed by atoms with Crippen LogP contribution < -0.4 is 14.4 Å². The van der Waals surface area contributed by atoms with Crippen molar-refractivity contribution >= 4 is 33.2 Å². The fraction of sp³-hybridized carbons (Fsp3) is 0.174. The van der Waals surface area contributed by atoms with E-state index in [1.165, 1.54) is 24.3 Å². The maximum absolute atomic E-state index is 13.7. The minimum atomic E-state index is -4.11. The van der Waals surface area contributed by atoms with Gasteiger partial charge in [0.25, 0.3) is 10.0 Å². The summed E-state index contributed by atoms with van der Waals surface area (Å²) in [6.07, 6.45) is 0. The Labute approximate surface area is 191 Å². The van der Waals surface area contributed by atoms with Crippen molar-refractivity contribution in [2.24, 2.45) is 0 Å². The van der Waals surface area contributed by atoms with Gasteiger partial charge in [-0.25, -0.2) is 12.8 Å². The Morgan fingerprint density at radius 2 is 1.75 bits per heavy atom. The highest BCUT2D eigenvalue weighted by Gasteiger charge is 2.27. The van der Waals surface area contributed by atoms with Crippen molar-refractivity contribution in [2.75, 3.05) is 17.5 Å². The molecular formula is C23H22ClFN2O4S. The average molecular weight is 477 g/mol. The van der Waals surface area contributed by atoms with Gasteiger partial charge in [-0.3, -0.25) is 9.10 Å². The molecule has 6 nitrogen and oxygen atoms in total. The topological polar surface area (TPSA) is 75.7 Å². The number of anilines is 1. The molecule has 0 atom stereocenters. The second-order valence-corrected chi connectivity index (χ2v) is 9.01. The van der Waals surface area contributed by atoms with Gasteiger partial charge in [0, 0.05) is 12.1 Å². The molecule has 0 radical (unpaired) electrons. The summed E-state index contributed by atoms with van der Waals surface area (Å²) in [5, 5.41) is 2.47. The van der Waals surface area contributed by atoms with E-state index >= 15 is 0 Å². The second-order valence-electron chi connectivity index (χ2n) is 6.74. The van der Waals surface area contributed by atoms with Gasteiger partial charge in [0.05, 0.1) is 22.2 Å². The molecule has 9 heteroatoms. The van der Waals surface area contributed by atoms with E-state index in [1.54, 1.807) is 24.3 Å². The van der Waals surface area contributed by atoms with Crippen LogP contribution in [-0.2, 0) is 21.4 Å². The first kappa shape index (κ1) is 23.6. The van der Waals surface area contributed by atoms with E-state index in [0.717, 1.165) is 15.9 Å². The van der Waals surface area contributed by atoms with Gasteiger partial charge < -0.3 is 10.1 Å². The predicted octanol–water partition coefficient (Wildman–Crippen LogP) is 4.39. The number of halogens is 2. The molecule has 1 N–H and O–H groups in total. The molecule has 0 bridgehead atoms. The van der Waals surface area contributed by atoms with Crippen LogP contribution in [0.5, 0.6) is 5.75 Å². The zero-order valence-electron chi connectivity index (χ0n) is 17.3. The Morgan fingerprint density at radius 3 is 2.44 bits per heavy atom. The summed E-state index contributed by atoms with van der Waals surface area (Å²) in [5.41, 5.74) is 0.829. The normalized spacial score (nSPS) is 11.1. The zero-order chi connectivity index (χ0) is 23.1. The number of rotatable bonds is 9. The van der Waals surface area contributed by atoms with E-state index < -0.39 is 28.3 Å². The SMILES string of the molecule is CCOc1ccccc1CNC(=O)CN(c1ccc(F)c(Cl)c1)S(=O)(=O)c1ccccc1. The van der Waals surface area contributed by atoms with Crippen molar-refractivity contribution in [3.8, 4) is 5.75 Å². The maximum Gasteiger partial charge on any atom is 0.264 e. The molecule has 168 valence electrons. The highest BCUT2D eigenvalue weighted by Crippen LogP contribution is 2.27. The van der Waals surface area contributed by atoms with Crippen LogP contribution in [0, 0.1) is 5.82 Å². The van der Waals surface area contributed by atoms with Gasteiger partial charge in [-0.2, -0.15) is 0 Å². The number of nitrogens with zero attached hydrogens (tertiary/aromatic N) is 1. The Kier molecular flexibility index (Phi) is 7.71. The summed E-state index contributed by atoms with van der Waals surface area (Å²) in [7, 11) is -4.11. The largest absolute Gasteiger partial charge is 0.494 e. The maximum atomic E-state index is 13.7. The summed E-state index contributed by atoms with van der Waals surface area (Å²) in [6, 6.07) is 18.4. The summed E-state index contributed by atoms with van der Waals surface area (Å²) >= 11 is 5.87. The molecule has 3 aromatic rings. The van der Waals surface area contributed by atoms with Crippen molar-refractivity contribution in [3.63, 3.8) is 0 Å². The Hall–Kier alpha value is -3.10. The number of carbonyl (C=O) groups excluding carboxylic acids is 1. The highest BCUT2D eigenvalue weighted by molar-refractivity contribution is 7.92. The van der Waals surface area contributed by atoms with Crippen LogP contribution in [-0.4, -0.2) is 27.5 Å². The summed E-state index contributed by atoms with van der Waals surface area (Å²) < 4.78 is 46.6. The molecule has 1 amide bonds. The molecule has 0 heterocycles. The fourth-order valence-corrected chi connectivity index (χ4v) is 4.61. The molecule has 0 aromatic heterocycles. The number of hydrogen-bond donors (Lipinski definition) is 1. The monoisotopic (exact) mass is 476 g/mol. The van der Waals surface area contributed by atoms with Crippen LogP contribution >= 0.6 is 11.6 Å². The number of ether oxygens (including phenoxy) is 1. The van der Waals surface area contributed by atoms with E-state index in [9.17, 15) is 17.6 Å². The smallest absolute Gasteiger partial charge is 0.264 e. The molecule has 0 aliphatic heterocycles. The van der Waals surface area contributed by atoms with Crippen LogP contribution in [0.2, 0.25) is 5.02 Å². The van der Waals surface area contributed by atoms with E-state index in [2.05, 4.69) is 5.32 Å².